The summed E-state index contributed by atoms with van der Waals surface area (Å²) >= 11 is 0. The maximum absolute atomic E-state index is 11.9. The van der Waals surface area contributed by atoms with E-state index in [1.54, 1.807) is 0 Å². The van der Waals surface area contributed by atoms with Crippen LogP contribution in [-0.2, 0) is 4.79 Å². The van der Waals surface area contributed by atoms with Gasteiger partial charge in [-0.15, -0.1) is 0 Å². The number of aliphatic hydroxyl groups is 1. The zero-order valence-corrected chi connectivity index (χ0v) is 15.8. The van der Waals surface area contributed by atoms with Crippen LogP contribution in [0.5, 0.6) is 0 Å². The Kier molecular flexibility index (Phi) is 3.61. The summed E-state index contributed by atoms with van der Waals surface area (Å²) < 4.78 is 0. The predicted octanol–water partition coefficient (Wildman–Crippen LogP) is 2.60. The summed E-state index contributed by atoms with van der Waals surface area (Å²) in [6.45, 7) is 4.91. The molecule has 5 fully saturated rings. The van der Waals surface area contributed by atoms with Crippen LogP contribution in [0, 0.1) is 28.6 Å². The summed E-state index contributed by atoms with van der Waals surface area (Å²) in [7, 11) is 0. The normalized spacial score (nSPS) is 55.1. The van der Waals surface area contributed by atoms with Crippen molar-refractivity contribution >= 4 is 5.91 Å². The van der Waals surface area contributed by atoms with Gasteiger partial charge in [0.2, 0.25) is 5.91 Å². The second-order valence-corrected chi connectivity index (χ2v) is 10.3. The van der Waals surface area contributed by atoms with E-state index in [0.717, 1.165) is 18.9 Å². The Labute approximate surface area is 151 Å². The third kappa shape index (κ3) is 2.36. The number of hydrogen-bond acceptors (Lipinski definition) is 3. The third-order valence-electron chi connectivity index (χ3n) is 9.14. The molecule has 0 radical (unpaired) electrons. The second kappa shape index (κ2) is 5.45. The van der Waals surface area contributed by atoms with E-state index in [1.807, 2.05) is 0 Å². The molecule has 4 aliphatic carbocycles. The summed E-state index contributed by atoms with van der Waals surface area (Å²) in [6, 6.07) is 1.59. The van der Waals surface area contributed by atoms with Gasteiger partial charge in [-0.3, -0.25) is 4.79 Å². The van der Waals surface area contributed by atoms with Gasteiger partial charge < -0.3 is 15.7 Å². The van der Waals surface area contributed by atoms with Crippen LogP contribution in [-0.4, -0.2) is 35.2 Å². The fourth-order valence-corrected chi connectivity index (χ4v) is 7.47. The van der Waals surface area contributed by atoms with Crippen LogP contribution in [0.1, 0.15) is 71.6 Å². The van der Waals surface area contributed by atoms with E-state index in [9.17, 15) is 9.90 Å². The molecule has 0 unspecified atom stereocenters. The summed E-state index contributed by atoms with van der Waals surface area (Å²) in [5, 5.41) is 18.3. The average molecular weight is 347 g/mol. The molecule has 1 heterocycles. The SMILES string of the molecule is C[C@]12CCC(=O)N[C@@H]1C[C@H](O)[C@@H]1[C@@H]2CC[C@]2(C)[C@@H](NC3CC3)CC[C@@H]12. The standard InChI is InChI=1S/C21H34N2O2/c1-20-9-7-14-19(13(20)5-6-16(20)22-12-3-4-12)15(24)11-17-21(14,2)10-8-18(25)23-17/h12-17,19,22,24H,3-11H2,1-2H3,(H,23,25)/t13-,14-,15-,16-,17+,19-,20-,21+/m0/s1. The summed E-state index contributed by atoms with van der Waals surface area (Å²) in [5.41, 5.74) is 0.535. The first kappa shape index (κ1) is 16.6. The summed E-state index contributed by atoms with van der Waals surface area (Å²) in [6.07, 6.45) is 9.95. The number of aliphatic hydroxyl groups excluding tert-OH is 1. The van der Waals surface area contributed by atoms with Crippen molar-refractivity contribution in [2.45, 2.75) is 95.9 Å². The lowest BCUT2D eigenvalue weighted by molar-refractivity contribution is -0.156. The molecule has 1 aliphatic heterocycles. The molecule has 4 nitrogen and oxygen atoms in total. The highest BCUT2D eigenvalue weighted by molar-refractivity contribution is 5.77. The molecule has 0 spiro atoms. The molecule has 8 atom stereocenters. The van der Waals surface area contributed by atoms with Crippen LogP contribution in [0.4, 0.5) is 0 Å². The van der Waals surface area contributed by atoms with Crippen LogP contribution in [0.3, 0.4) is 0 Å². The van der Waals surface area contributed by atoms with E-state index in [2.05, 4.69) is 24.5 Å². The Morgan fingerprint density at radius 3 is 2.56 bits per heavy atom. The molecule has 140 valence electrons. The summed E-state index contributed by atoms with van der Waals surface area (Å²) in [4.78, 5) is 11.9. The second-order valence-electron chi connectivity index (χ2n) is 10.3. The molecule has 4 heteroatoms. The number of fused-ring (bicyclic) bond motifs is 5. The Morgan fingerprint density at radius 2 is 1.80 bits per heavy atom. The average Bonchev–Trinajstić information content (AvgIpc) is 3.32. The van der Waals surface area contributed by atoms with E-state index in [-0.39, 0.29) is 23.5 Å². The maximum Gasteiger partial charge on any atom is 0.220 e. The molecular formula is C21H34N2O2. The predicted molar refractivity (Wildman–Crippen MR) is 96.9 cm³/mol. The van der Waals surface area contributed by atoms with E-state index in [4.69, 9.17) is 0 Å². The molecule has 0 aromatic rings. The molecule has 1 amide bonds. The van der Waals surface area contributed by atoms with E-state index in [1.165, 1.54) is 38.5 Å². The number of carbonyl (C=O) groups excluding carboxylic acids is 1. The van der Waals surface area contributed by atoms with Gasteiger partial charge in [0, 0.05) is 24.5 Å². The molecule has 0 bridgehead atoms. The van der Waals surface area contributed by atoms with Gasteiger partial charge in [0.1, 0.15) is 0 Å². The number of rotatable bonds is 2. The van der Waals surface area contributed by atoms with Crippen molar-refractivity contribution in [3.05, 3.63) is 0 Å². The van der Waals surface area contributed by atoms with Crippen molar-refractivity contribution in [2.75, 3.05) is 0 Å². The molecular weight excluding hydrogens is 312 g/mol. The highest BCUT2D eigenvalue weighted by Crippen LogP contribution is 2.64. The third-order valence-corrected chi connectivity index (χ3v) is 9.14. The zero-order valence-electron chi connectivity index (χ0n) is 15.8. The topological polar surface area (TPSA) is 61.4 Å². The fraction of sp³-hybridized carbons (Fsp3) is 0.952. The number of carbonyl (C=O) groups is 1. The quantitative estimate of drug-likeness (QED) is 0.720. The largest absolute Gasteiger partial charge is 0.393 e. The van der Waals surface area contributed by atoms with Crippen LogP contribution < -0.4 is 10.6 Å². The van der Waals surface area contributed by atoms with E-state index >= 15 is 0 Å². The van der Waals surface area contributed by atoms with E-state index in [0.29, 0.717) is 35.6 Å². The molecule has 3 N–H and O–H groups in total. The van der Waals surface area contributed by atoms with Crippen molar-refractivity contribution < 1.29 is 9.90 Å². The van der Waals surface area contributed by atoms with Crippen LogP contribution in [0.25, 0.3) is 0 Å². The van der Waals surface area contributed by atoms with Gasteiger partial charge in [0.05, 0.1) is 6.10 Å². The van der Waals surface area contributed by atoms with Gasteiger partial charge in [-0.05, 0) is 80.0 Å². The number of hydrogen-bond donors (Lipinski definition) is 3. The Bertz CT molecular complexity index is 576. The van der Waals surface area contributed by atoms with Crippen LogP contribution in [0.2, 0.25) is 0 Å². The first-order valence-corrected chi connectivity index (χ1v) is 10.7. The van der Waals surface area contributed by atoms with Gasteiger partial charge in [0.15, 0.2) is 0 Å². The molecule has 1 saturated heterocycles. The van der Waals surface area contributed by atoms with Crippen molar-refractivity contribution in [1.82, 2.24) is 10.6 Å². The molecule has 4 saturated carbocycles. The fourth-order valence-electron chi connectivity index (χ4n) is 7.47. The van der Waals surface area contributed by atoms with Gasteiger partial charge in [-0.25, -0.2) is 0 Å². The van der Waals surface area contributed by atoms with Crippen LogP contribution in [0.15, 0.2) is 0 Å². The highest BCUT2D eigenvalue weighted by atomic mass is 16.3. The number of nitrogens with one attached hydrogen (secondary N) is 2. The minimum absolute atomic E-state index is 0.177. The monoisotopic (exact) mass is 346 g/mol. The molecule has 0 aromatic heterocycles. The summed E-state index contributed by atoms with van der Waals surface area (Å²) in [5.74, 6) is 1.83. The molecule has 0 aromatic carbocycles. The van der Waals surface area contributed by atoms with Crippen LogP contribution >= 0.6 is 0 Å². The molecule has 5 rings (SSSR count). The molecule has 25 heavy (non-hydrogen) atoms. The van der Waals surface area contributed by atoms with Gasteiger partial charge in [-0.2, -0.15) is 0 Å². The maximum atomic E-state index is 11.9. The van der Waals surface area contributed by atoms with Crippen molar-refractivity contribution in [3.63, 3.8) is 0 Å². The Morgan fingerprint density at radius 1 is 1.04 bits per heavy atom. The van der Waals surface area contributed by atoms with Gasteiger partial charge in [-0.1, -0.05) is 13.8 Å². The van der Waals surface area contributed by atoms with Gasteiger partial charge >= 0.3 is 0 Å². The lowest BCUT2D eigenvalue weighted by Crippen LogP contribution is -2.65. The van der Waals surface area contributed by atoms with Crippen molar-refractivity contribution in [3.8, 4) is 0 Å². The minimum atomic E-state index is -0.245. The first-order chi connectivity index (χ1) is 11.9. The van der Waals surface area contributed by atoms with Crippen molar-refractivity contribution in [2.24, 2.45) is 28.6 Å². The number of amides is 1. The first-order valence-electron chi connectivity index (χ1n) is 10.7. The lowest BCUT2D eigenvalue weighted by Gasteiger charge is -2.61. The smallest absolute Gasteiger partial charge is 0.220 e. The Balaban J connectivity index is 1.43. The van der Waals surface area contributed by atoms with Crippen molar-refractivity contribution in [1.29, 1.82) is 0 Å². The zero-order chi connectivity index (χ0) is 17.4. The number of piperidine rings is 1. The minimum Gasteiger partial charge on any atom is -0.393 e. The lowest BCUT2D eigenvalue weighted by atomic mass is 9.46. The highest BCUT2D eigenvalue weighted by Gasteiger charge is 2.62. The molecule has 5 aliphatic rings. The Hall–Kier alpha value is -0.610. The van der Waals surface area contributed by atoms with E-state index < -0.39 is 0 Å². The van der Waals surface area contributed by atoms with Gasteiger partial charge in [0.25, 0.3) is 0 Å².